The number of amidine groups is 1. The summed E-state index contributed by atoms with van der Waals surface area (Å²) in [5.41, 5.74) is 4.73. The number of halogens is 1. The van der Waals surface area contributed by atoms with Crippen molar-refractivity contribution in [1.82, 2.24) is 19.9 Å². The molecule has 4 aromatic rings. The standard InChI is InChI=1S/C27H22ClN7O/c28-25-9-5-20(15-33-25)23-8-4-19(14-32-23)17-10-11-31-24(13-17)27(36)34-21-3-1-2-18(12-21)26(30)35(16-29)22-6-7-22/h1-5,8-16,22,29-30H,6-7H2,(H,34,36). The number of pyridine rings is 3. The number of aromatic nitrogens is 3. The molecular formula is C27H22ClN7O. The maximum absolute atomic E-state index is 12.9. The molecule has 3 heterocycles. The topological polar surface area (TPSA) is 119 Å². The number of anilines is 1. The number of carbonyl (C=O) groups excluding carboxylic acids is 1. The van der Waals surface area contributed by atoms with Gasteiger partial charge in [-0.25, -0.2) is 4.98 Å². The molecule has 9 heteroatoms. The van der Waals surface area contributed by atoms with Crippen molar-refractivity contribution in [3.8, 4) is 22.4 Å². The largest absolute Gasteiger partial charge is 0.321 e. The Morgan fingerprint density at radius 2 is 1.78 bits per heavy atom. The molecule has 1 aliphatic rings. The van der Waals surface area contributed by atoms with Crippen LogP contribution in [0.3, 0.4) is 0 Å². The third-order valence-electron chi connectivity index (χ3n) is 5.84. The predicted molar refractivity (Wildman–Crippen MR) is 141 cm³/mol. The number of hydrogen-bond donors (Lipinski definition) is 3. The first-order chi connectivity index (χ1) is 17.5. The van der Waals surface area contributed by atoms with E-state index in [0.717, 1.165) is 35.2 Å². The molecule has 8 nitrogen and oxygen atoms in total. The number of nitrogens with one attached hydrogen (secondary N) is 3. The average molecular weight is 496 g/mol. The van der Waals surface area contributed by atoms with E-state index >= 15 is 0 Å². The summed E-state index contributed by atoms with van der Waals surface area (Å²) < 4.78 is 0. The predicted octanol–water partition coefficient (Wildman–Crippen LogP) is 5.51. The normalized spacial score (nSPS) is 12.6. The molecule has 36 heavy (non-hydrogen) atoms. The van der Waals surface area contributed by atoms with Gasteiger partial charge in [-0.1, -0.05) is 29.8 Å². The van der Waals surface area contributed by atoms with Crippen molar-refractivity contribution in [1.29, 1.82) is 10.8 Å². The maximum atomic E-state index is 12.9. The first-order valence-electron chi connectivity index (χ1n) is 11.4. The van der Waals surface area contributed by atoms with Gasteiger partial charge >= 0.3 is 0 Å². The molecule has 3 aromatic heterocycles. The number of rotatable bonds is 7. The lowest BCUT2D eigenvalue weighted by Gasteiger charge is -2.19. The zero-order valence-corrected chi connectivity index (χ0v) is 19.9. The van der Waals surface area contributed by atoms with Crippen molar-refractivity contribution >= 4 is 35.4 Å². The van der Waals surface area contributed by atoms with Gasteiger partial charge in [-0.3, -0.25) is 25.6 Å². The van der Waals surface area contributed by atoms with Crippen LogP contribution >= 0.6 is 11.6 Å². The van der Waals surface area contributed by atoms with Gasteiger partial charge in [-0.05, 0) is 60.9 Å². The van der Waals surface area contributed by atoms with Crippen LogP contribution in [0.5, 0.6) is 0 Å². The van der Waals surface area contributed by atoms with Crippen LogP contribution in [0.15, 0.2) is 79.3 Å². The fourth-order valence-electron chi connectivity index (χ4n) is 3.79. The van der Waals surface area contributed by atoms with Crippen molar-refractivity contribution in [2.75, 3.05) is 5.32 Å². The molecule has 1 amide bonds. The summed E-state index contributed by atoms with van der Waals surface area (Å²) in [4.78, 5) is 27.4. The van der Waals surface area contributed by atoms with Crippen molar-refractivity contribution in [3.05, 3.63) is 95.7 Å². The highest BCUT2D eigenvalue weighted by Crippen LogP contribution is 2.28. The molecule has 178 valence electrons. The minimum atomic E-state index is -0.358. The second-order valence-corrected chi connectivity index (χ2v) is 8.77. The third kappa shape index (κ3) is 5.13. The highest BCUT2D eigenvalue weighted by Gasteiger charge is 2.30. The van der Waals surface area contributed by atoms with Crippen LogP contribution in [0.1, 0.15) is 28.9 Å². The lowest BCUT2D eigenvalue weighted by Crippen LogP contribution is -2.31. The smallest absolute Gasteiger partial charge is 0.274 e. The molecule has 1 saturated carbocycles. The zero-order chi connectivity index (χ0) is 25.1. The SMILES string of the molecule is N=CN(C(=N)c1cccc(NC(=O)c2cc(-c3ccc(-c4ccc(Cl)nc4)nc3)ccn2)c1)C1CC1. The van der Waals surface area contributed by atoms with Crippen molar-refractivity contribution in [2.24, 2.45) is 0 Å². The molecule has 0 unspecified atom stereocenters. The van der Waals surface area contributed by atoms with Crippen LogP contribution in [0, 0.1) is 10.8 Å². The van der Waals surface area contributed by atoms with Crippen LogP contribution < -0.4 is 5.32 Å². The van der Waals surface area contributed by atoms with Gasteiger partial charge in [-0.2, -0.15) is 0 Å². The van der Waals surface area contributed by atoms with Gasteiger partial charge in [0.05, 0.1) is 12.0 Å². The average Bonchev–Trinajstić information content (AvgIpc) is 3.75. The van der Waals surface area contributed by atoms with E-state index in [1.54, 1.807) is 59.9 Å². The minimum Gasteiger partial charge on any atom is -0.321 e. The highest BCUT2D eigenvalue weighted by atomic mass is 35.5. The number of benzene rings is 1. The van der Waals surface area contributed by atoms with Crippen molar-refractivity contribution in [2.45, 2.75) is 18.9 Å². The third-order valence-corrected chi connectivity index (χ3v) is 6.07. The number of amides is 1. The molecule has 0 atom stereocenters. The van der Waals surface area contributed by atoms with Gasteiger partial charge in [-0.15, -0.1) is 0 Å². The second-order valence-electron chi connectivity index (χ2n) is 8.38. The Hall–Kier alpha value is -4.43. The van der Waals surface area contributed by atoms with E-state index in [4.69, 9.17) is 22.4 Å². The van der Waals surface area contributed by atoms with Crippen molar-refractivity contribution < 1.29 is 4.79 Å². The molecule has 5 rings (SSSR count). The summed E-state index contributed by atoms with van der Waals surface area (Å²) in [6.07, 6.45) is 8.15. The van der Waals surface area contributed by atoms with Gasteiger partial charge in [0, 0.05) is 47.0 Å². The molecule has 1 aromatic carbocycles. The van der Waals surface area contributed by atoms with E-state index < -0.39 is 0 Å². The van der Waals surface area contributed by atoms with Crippen LogP contribution in [0.2, 0.25) is 5.15 Å². The quantitative estimate of drug-likeness (QED) is 0.177. The Balaban J connectivity index is 1.31. The van der Waals surface area contributed by atoms with E-state index in [1.165, 1.54) is 6.34 Å². The molecule has 3 N–H and O–H groups in total. The molecule has 1 fully saturated rings. The first kappa shape index (κ1) is 23.3. The summed E-state index contributed by atoms with van der Waals surface area (Å²) in [7, 11) is 0. The van der Waals surface area contributed by atoms with Gasteiger partial charge in [0.15, 0.2) is 0 Å². The minimum absolute atomic E-state index is 0.214. The Labute approximate surface area is 213 Å². The first-order valence-corrected chi connectivity index (χ1v) is 11.7. The maximum Gasteiger partial charge on any atom is 0.274 e. The van der Waals surface area contributed by atoms with E-state index in [9.17, 15) is 4.79 Å². The fourth-order valence-corrected chi connectivity index (χ4v) is 3.90. The Kier molecular flexibility index (Phi) is 6.51. The fraction of sp³-hybridized carbons (Fsp3) is 0.111. The molecule has 0 saturated heterocycles. The summed E-state index contributed by atoms with van der Waals surface area (Å²) in [5.74, 6) is -0.113. The summed E-state index contributed by atoms with van der Waals surface area (Å²) in [6, 6.07) is 18.2. The van der Waals surface area contributed by atoms with E-state index in [1.807, 2.05) is 24.3 Å². The van der Waals surface area contributed by atoms with Gasteiger partial charge in [0.2, 0.25) is 0 Å². The van der Waals surface area contributed by atoms with E-state index in [0.29, 0.717) is 16.4 Å². The molecule has 0 radical (unpaired) electrons. The lowest BCUT2D eigenvalue weighted by atomic mass is 10.1. The van der Waals surface area contributed by atoms with Gasteiger partial charge in [0.1, 0.15) is 16.7 Å². The van der Waals surface area contributed by atoms with Gasteiger partial charge < -0.3 is 10.2 Å². The van der Waals surface area contributed by atoms with E-state index in [-0.39, 0.29) is 23.5 Å². The summed E-state index contributed by atoms with van der Waals surface area (Å²) in [6.45, 7) is 0. The Morgan fingerprint density at radius 3 is 2.47 bits per heavy atom. The molecular weight excluding hydrogens is 474 g/mol. The lowest BCUT2D eigenvalue weighted by molar-refractivity contribution is 0.102. The number of nitrogens with zero attached hydrogens (tertiary/aromatic N) is 4. The number of carbonyl (C=O) groups is 1. The monoisotopic (exact) mass is 495 g/mol. The van der Waals surface area contributed by atoms with Crippen LogP contribution in [-0.4, -0.2) is 44.0 Å². The van der Waals surface area contributed by atoms with E-state index in [2.05, 4.69) is 20.3 Å². The molecule has 1 aliphatic carbocycles. The molecule has 0 spiro atoms. The number of hydrogen-bond acceptors (Lipinski definition) is 6. The highest BCUT2D eigenvalue weighted by molar-refractivity contribution is 6.29. The summed E-state index contributed by atoms with van der Waals surface area (Å²) in [5, 5.41) is 19.3. The van der Waals surface area contributed by atoms with Crippen LogP contribution in [0.25, 0.3) is 22.4 Å². The zero-order valence-electron chi connectivity index (χ0n) is 19.1. The Morgan fingerprint density at radius 1 is 0.972 bits per heavy atom. The van der Waals surface area contributed by atoms with Gasteiger partial charge in [0.25, 0.3) is 5.91 Å². The van der Waals surface area contributed by atoms with Crippen LogP contribution in [0.4, 0.5) is 5.69 Å². The molecule has 0 aliphatic heterocycles. The summed E-state index contributed by atoms with van der Waals surface area (Å²) >= 11 is 5.86. The van der Waals surface area contributed by atoms with Crippen LogP contribution in [-0.2, 0) is 0 Å². The molecule has 0 bridgehead atoms. The van der Waals surface area contributed by atoms with Crippen molar-refractivity contribution in [3.63, 3.8) is 0 Å². The Bertz CT molecular complexity index is 1430. The second kappa shape index (κ2) is 10.1.